The molecule has 34 heavy (non-hydrogen) atoms. The number of nitrogens with one attached hydrogen (secondary N) is 1. The maximum Gasteiger partial charge on any atom is 0.311 e. The Labute approximate surface area is 207 Å². The SMILES string of the molecule is CCCOC(=O)C(C)(C)CC(C)(CC(C)(C)C(=O)OCCNC)C(=O)OCCN(CC)CCC. The highest BCUT2D eigenvalue weighted by molar-refractivity contribution is 5.82. The topological polar surface area (TPSA) is 94.2 Å². The van der Waals surface area contributed by atoms with Crippen molar-refractivity contribution in [2.75, 3.05) is 53.0 Å². The monoisotopic (exact) mass is 486 g/mol. The Morgan fingerprint density at radius 2 is 1.21 bits per heavy atom. The number of esters is 3. The molecule has 0 aliphatic heterocycles. The van der Waals surface area contributed by atoms with Crippen LogP contribution in [0.25, 0.3) is 0 Å². The molecule has 8 nitrogen and oxygen atoms in total. The molecule has 1 atom stereocenters. The quantitative estimate of drug-likeness (QED) is 0.178. The molecule has 0 rings (SSSR count). The molecule has 200 valence electrons. The van der Waals surface area contributed by atoms with Crippen LogP contribution in [0.1, 0.15) is 81.1 Å². The van der Waals surface area contributed by atoms with E-state index in [2.05, 4.69) is 24.1 Å². The number of carbonyl (C=O) groups excluding carboxylic acids is 3. The fraction of sp³-hybridized carbons (Fsp3) is 0.885. The second-order valence-electron chi connectivity index (χ2n) is 10.6. The minimum absolute atomic E-state index is 0.189. The van der Waals surface area contributed by atoms with E-state index in [1.165, 1.54) is 0 Å². The van der Waals surface area contributed by atoms with Gasteiger partial charge in [0, 0.05) is 13.1 Å². The molecule has 0 saturated carbocycles. The zero-order valence-electron chi connectivity index (χ0n) is 23.2. The van der Waals surface area contributed by atoms with E-state index >= 15 is 0 Å². The molecule has 0 fully saturated rings. The van der Waals surface area contributed by atoms with Gasteiger partial charge in [-0.1, -0.05) is 20.8 Å². The third-order valence-corrected chi connectivity index (χ3v) is 5.91. The Morgan fingerprint density at radius 1 is 0.706 bits per heavy atom. The van der Waals surface area contributed by atoms with Crippen LogP contribution in [0, 0.1) is 16.2 Å². The summed E-state index contributed by atoms with van der Waals surface area (Å²) < 4.78 is 16.5. The summed E-state index contributed by atoms with van der Waals surface area (Å²) in [6.07, 6.45) is 2.13. The largest absolute Gasteiger partial charge is 0.465 e. The first-order valence-electron chi connectivity index (χ1n) is 12.7. The van der Waals surface area contributed by atoms with Gasteiger partial charge in [-0.2, -0.15) is 0 Å². The summed E-state index contributed by atoms with van der Waals surface area (Å²) in [5.41, 5.74) is -2.95. The first kappa shape index (κ1) is 32.3. The van der Waals surface area contributed by atoms with Gasteiger partial charge >= 0.3 is 17.9 Å². The molecule has 0 heterocycles. The maximum absolute atomic E-state index is 13.4. The summed E-state index contributed by atoms with van der Waals surface area (Å²) in [6, 6.07) is 0. The van der Waals surface area contributed by atoms with Crippen molar-refractivity contribution in [3.8, 4) is 0 Å². The molecule has 8 heteroatoms. The van der Waals surface area contributed by atoms with E-state index in [9.17, 15) is 14.4 Å². The molecular formula is C26H50N2O6. The smallest absolute Gasteiger partial charge is 0.311 e. The highest BCUT2D eigenvalue weighted by Gasteiger charge is 2.48. The van der Waals surface area contributed by atoms with E-state index in [0.29, 0.717) is 19.7 Å². The number of rotatable bonds is 18. The van der Waals surface area contributed by atoms with Crippen LogP contribution in [0.4, 0.5) is 0 Å². The average Bonchev–Trinajstić information content (AvgIpc) is 2.75. The Balaban J connectivity index is 5.65. The van der Waals surface area contributed by atoms with E-state index in [-0.39, 0.29) is 38.0 Å². The molecule has 0 amide bonds. The highest BCUT2D eigenvalue weighted by Crippen LogP contribution is 2.44. The van der Waals surface area contributed by atoms with Crippen LogP contribution < -0.4 is 5.32 Å². The zero-order valence-corrected chi connectivity index (χ0v) is 23.2. The van der Waals surface area contributed by atoms with Gasteiger partial charge in [-0.25, -0.2) is 0 Å². The second kappa shape index (κ2) is 15.4. The van der Waals surface area contributed by atoms with Crippen molar-refractivity contribution in [2.24, 2.45) is 16.2 Å². The molecule has 0 aromatic carbocycles. The summed E-state index contributed by atoms with van der Waals surface area (Å²) in [5, 5.41) is 2.94. The Hall–Kier alpha value is -1.67. The van der Waals surface area contributed by atoms with Gasteiger partial charge in [0.1, 0.15) is 13.2 Å². The third kappa shape index (κ3) is 11.2. The van der Waals surface area contributed by atoms with Gasteiger partial charge in [0.2, 0.25) is 0 Å². The number of hydrogen-bond donors (Lipinski definition) is 1. The standard InChI is InChI=1S/C26H50N2O6/c1-10-14-28(12-3)15-18-34-23(31)26(8,19-24(4,5)21(29)32-16-11-2)20-25(6,7)22(30)33-17-13-27-9/h27H,10-20H2,1-9H3. The number of carbonyl (C=O) groups is 3. The minimum atomic E-state index is -1.08. The van der Waals surface area contributed by atoms with E-state index in [4.69, 9.17) is 14.2 Å². The first-order valence-corrected chi connectivity index (χ1v) is 12.7. The van der Waals surface area contributed by atoms with Crippen molar-refractivity contribution >= 4 is 17.9 Å². The molecule has 0 spiro atoms. The molecule has 1 unspecified atom stereocenters. The summed E-state index contributed by atoms with van der Waals surface area (Å²) >= 11 is 0. The predicted molar refractivity (Wildman–Crippen MR) is 134 cm³/mol. The van der Waals surface area contributed by atoms with Crippen molar-refractivity contribution < 1.29 is 28.6 Å². The summed E-state index contributed by atoms with van der Waals surface area (Å²) in [6.45, 7) is 18.8. The summed E-state index contributed by atoms with van der Waals surface area (Å²) in [5.74, 6) is -1.15. The lowest BCUT2D eigenvalue weighted by Gasteiger charge is -2.38. The van der Waals surface area contributed by atoms with Gasteiger partial charge in [-0.05, 0) is 80.4 Å². The lowest BCUT2D eigenvalue weighted by atomic mass is 9.66. The number of hydrogen-bond acceptors (Lipinski definition) is 8. The summed E-state index contributed by atoms with van der Waals surface area (Å²) in [4.78, 5) is 41.2. The molecular weight excluding hydrogens is 436 g/mol. The number of likely N-dealkylation sites (N-methyl/N-ethyl adjacent to an activating group) is 2. The van der Waals surface area contributed by atoms with Crippen LogP contribution in [-0.4, -0.2) is 75.9 Å². The van der Waals surface area contributed by atoms with E-state index in [1.807, 2.05) is 6.92 Å². The Morgan fingerprint density at radius 3 is 1.65 bits per heavy atom. The zero-order chi connectivity index (χ0) is 26.4. The van der Waals surface area contributed by atoms with Crippen LogP contribution in [0.15, 0.2) is 0 Å². The van der Waals surface area contributed by atoms with Crippen molar-refractivity contribution in [2.45, 2.75) is 81.1 Å². The third-order valence-electron chi connectivity index (χ3n) is 5.91. The average molecular weight is 487 g/mol. The van der Waals surface area contributed by atoms with Crippen molar-refractivity contribution in [3.63, 3.8) is 0 Å². The fourth-order valence-corrected chi connectivity index (χ4v) is 4.32. The van der Waals surface area contributed by atoms with Crippen LogP contribution in [0.2, 0.25) is 0 Å². The van der Waals surface area contributed by atoms with Crippen LogP contribution >= 0.6 is 0 Å². The van der Waals surface area contributed by atoms with E-state index < -0.39 is 22.2 Å². The Kier molecular flexibility index (Phi) is 14.6. The van der Waals surface area contributed by atoms with Gasteiger partial charge in [-0.15, -0.1) is 0 Å². The molecule has 0 aromatic rings. The lowest BCUT2D eigenvalue weighted by molar-refractivity contribution is -0.168. The predicted octanol–water partition coefficient (Wildman–Crippen LogP) is 3.82. The minimum Gasteiger partial charge on any atom is -0.465 e. The molecule has 0 saturated heterocycles. The van der Waals surface area contributed by atoms with Gasteiger partial charge < -0.3 is 24.4 Å². The number of nitrogens with zero attached hydrogens (tertiary/aromatic N) is 1. The van der Waals surface area contributed by atoms with Crippen molar-refractivity contribution in [1.29, 1.82) is 0 Å². The van der Waals surface area contributed by atoms with Gasteiger partial charge in [0.25, 0.3) is 0 Å². The lowest BCUT2D eigenvalue weighted by Crippen LogP contribution is -2.44. The highest BCUT2D eigenvalue weighted by atomic mass is 16.5. The molecule has 0 radical (unpaired) electrons. The normalized spacial score (nSPS) is 13.9. The molecule has 0 aliphatic carbocycles. The van der Waals surface area contributed by atoms with Crippen LogP contribution in [0.3, 0.4) is 0 Å². The van der Waals surface area contributed by atoms with Gasteiger partial charge in [0.05, 0.1) is 22.9 Å². The van der Waals surface area contributed by atoms with Crippen molar-refractivity contribution in [1.82, 2.24) is 10.2 Å². The Bertz CT molecular complexity index is 635. The molecule has 0 aliphatic rings. The first-order chi connectivity index (χ1) is 15.8. The number of ether oxygens (including phenoxy) is 3. The van der Waals surface area contributed by atoms with Crippen LogP contribution in [0.5, 0.6) is 0 Å². The van der Waals surface area contributed by atoms with Gasteiger partial charge in [-0.3, -0.25) is 14.4 Å². The second-order valence-corrected chi connectivity index (χ2v) is 10.6. The maximum atomic E-state index is 13.4. The fourth-order valence-electron chi connectivity index (χ4n) is 4.32. The van der Waals surface area contributed by atoms with E-state index in [1.54, 1.807) is 41.7 Å². The van der Waals surface area contributed by atoms with Crippen LogP contribution in [-0.2, 0) is 28.6 Å². The van der Waals surface area contributed by atoms with E-state index in [0.717, 1.165) is 25.9 Å². The van der Waals surface area contributed by atoms with Crippen molar-refractivity contribution in [3.05, 3.63) is 0 Å². The summed E-state index contributed by atoms with van der Waals surface area (Å²) in [7, 11) is 1.78. The molecule has 0 aromatic heterocycles. The molecule has 1 N–H and O–H groups in total. The molecule has 0 bridgehead atoms. The van der Waals surface area contributed by atoms with Gasteiger partial charge in [0.15, 0.2) is 0 Å².